The molecule has 2 aromatic heterocycles. The Morgan fingerprint density at radius 3 is 2.79 bits per heavy atom. The number of benzene rings is 1. The maximum atomic E-state index is 15.2. The second kappa shape index (κ2) is 9.92. The highest BCUT2D eigenvalue weighted by Gasteiger charge is 2.30. The maximum Gasteiger partial charge on any atom is 0.152 e. The van der Waals surface area contributed by atoms with E-state index in [1.54, 1.807) is 11.8 Å². The number of unbranched alkanes of at least 4 members (excludes halogenated alkanes) is 1. The van der Waals surface area contributed by atoms with Crippen LogP contribution < -0.4 is 5.32 Å². The number of anilines is 2. The number of nitrogens with one attached hydrogen (secondary N) is 2. The number of thioether (sulfide) groups is 1. The molecule has 7 heteroatoms. The van der Waals surface area contributed by atoms with Crippen LogP contribution in [0.1, 0.15) is 88.6 Å². The second-order valence-electron chi connectivity index (χ2n) is 10.2. The Morgan fingerprint density at radius 1 is 1.27 bits per heavy atom. The molecule has 178 valence electrons. The van der Waals surface area contributed by atoms with Gasteiger partial charge >= 0.3 is 0 Å². The Labute approximate surface area is 200 Å². The van der Waals surface area contributed by atoms with Crippen LogP contribution in [0.4, 0.5) is 15.9 Å². The summed E-state index contributed by atoms with van der Waals surface area (Å²) in [6, 6.07) is 6.26. The van der Waals surface area contributed by atoms with Gasteiger partial charge in [-0.3, -0.25) is 9.78 Å². The molecule has 1 aromatic carbocycles. The van der Waals surface area contributed by atoms with Crippen molar-refractivity contribution in [1.82, 2.24) is 20.0 Å². The summed E-state index contributed by atoms with van der Waals surface area (Å²) >= 11 is 1.60. The van der Waals surface area contributed by atoms with Crippen molar-refractivity contribution in [1.29, 1.82) is 0 Å². The predicted octanol–water partition coefficient (Wildman–Crippen LogP) is 7.36. The Bertz CT molecular complexity index is 1080. The average Bonchev–Trinajstić information content (AvgIpc) is 3.53. The van der Waals surface area contributed by atoms with Crippen molar-refractivity contribution in [2.45, 2.75) is 88.5 Å². The number of H-pyrrole nitrogens is 1. The first-order valence-corrected chi connectivity index (χ1v) is 13.2. The lowest BCUT2D eigenvalue weighted by atomic mass is 9.90. The van der Waals surface area contributed by atoms with Gasteiger partial charge in [0.15, 0.2) is 11.6 Å². The predicted molar refractivity (Wildman–Crippen MR) is 135 cm³/mol. The molecule has 0 aliphatic heterocycles. The number of halogens is 1. The fraction of sp³-hybridized carbons (Fsp3) is 0.538. The van der Waals surface area contributed by atoms with Crippen LogP contribution in [-0.4, -0.2) is 26.2 Å². The SMILES string of the molecule is CCCCc1c(SC)ccc(Nc2cc(C3CCC(n4cc(C(C)(C)C)cn4)C3)[nH]n2)c1F. The van der Waals surface area contributed by atoms with Crippen LogP contribution in [-0.2, 0) is 11.8 Å². The van der Waals surface area contributed by atoms with Crippen LogP contribution in [0.2, 0.25) is 0 Å². The molecule has 2 unspecified atom stereocenters. The molecule has 33 heavy (non-hydrogen) atoms. The van der Waals surface area contributed by atoms with E-state index in [1.165, 1.54) is 5.56 Å². The minimum Gasteiger partial charge on any atom is -0.336 e. The summed E-state index contributed by atoms with van der Waals surface area (Å²) < 4.78 is 17.4. The molecule has 0 spiro atoms. The number of nitrogens with zero attached hydrogens (tertiary/aromatic N) is 3. The standard InChI is InChI=1S/C26H36FN5S/c1-6-7-8-20-23(33-5)12-11-21(25(20)27)29-24-14-22(30-31-24)17-9-10-19(13-17)32-16-18(15-28-32)26(2,3)4/h11-12,14-17,19H,6-10,13H2,1-5H3,(H2,29,30,31). The van der Waals surface area contributed by atoms with Crippen LogP contribution in [0, 0.1) is 5.82 Å². The van der Waals surface area contributed by atoms with E-state index in [2.05, 4.69) is 59.2 Å². The maximum absolute atomic E-state index is 15.2. The summed E-state index contributed by atoms with van der Waals surface area (Å²) in [6.45, 7) is 8.78. The minimum absolute atomic E-state index is 0.111. The molecule has 1 saturated carbocycles. The van der Waals surface area contributed by atoms with Gasteiger partial charge in [0.2, 0.25) is 0 Å². The molecule has 2 N–H and O–H groups in total. The fourth-order valence-corrected chi connectivity index (χ4v) is 5.27. The van der Waals surface area contributed by atoms with Gasteiger partial charge in [0.1, 0.15) is 0 Å². The molecule has 0 amide bonds. The zero-order chi connectivity index (χ0) is 23.6. The Kier molecular flexibility index (Phi) is 7.17. The third-order valence-electron chi connectivity index (χ3n) is 6.75. The van der Waals surface area contributed by atoms with E-state index in [4.69, 9.17) is 0 Å². The molecule has 0 bridgehead atoms. The van der Waals surface area contributed by atoms with E-state index in [-0.39, 0.29) is 11.2 Å². The lowest BCUT2D eigenvalue weighted by Crippen LogP contribution is -2.10. The van der Waals surface area contributed by atoms with Gasteiger partial charge in [-0.2, -0.15) is 10.2 Å². The first-order chi connectivity index (χ1) is 15.8. The molecule has 2 atom stereocenters. The highest BCUT2D eigenvalue weighted by Crippen LogP contribution is 2.41. The number of aromatic amines is 1. The number of hydrogen-bond acceptors (Lipinski definition) is 4. The van der Waals surface area contributed by atoms with Crippen molar-refractivity contribution >= 4 is 23.3 Å². The summed E-state index contributed by atoms with van der Waals surface area (Å²) in [5.74, 6) is 0.915. The molecule has 0 saturated heterocycles. The molecular formula is C26H36FN5S. The van der Waals surface area contributed by atoms with E-state index < -0.39 is 0 Å². The van der Waals surface area contributed by atoms with Gasteiger partial charge in [-0.25, -0.2) is 4.39 Å². The third kappa shape index (κ3) is 5.29. The van der Waals surface area contributed by atoms with Crippen molar-refractivity contribution < 1.29 is 4.39 Å². The molecule has 0 radical (unpaired) electrons. The highest BCUT2D eigenvalue weighted by atomic mass is 32.2. The summed E-state index contributed by atoms with van der Waals surface area (Å²) in [4.78, 5) is 1.01. The molecule has 1 aliphatic carbocycles. The lowest BCUT2D eigenvalue weighted by molar-refractivity contribution is 0.458. The Morgan fingerprint density at radius 2 is 2.09 bits per heavy atom. The van der Waals surface area contributed by atoms with Gasteiger partial charge in [0.05, 0.1) is 17.9 Å². The lowest BCUT2D eigenvalue weighted by Gasteiger charge is -2.16. The molecule has 1 fully saturated rings. The quantitative estimate of drug-likeness (QED) is 0.338. The molecular weight excluding hydrogens is 433 g/mol. The first-order valence-electron chi connectivity index (χ1n) is 12.0. The molecule has 3 aromatic rings. The fourth-order valence-electron chi connectivity index (χ4n) is 4.63. The number of hydrogen-bond donors (Lipinski definition) is 2. The highest BCUT2D eigenvalue weighted by molar-refractivity contribution is 7.98. The van der Waals surface area contributed by atoms with E-state index in [0.29, 0.717) is 23.5 Å². The first kappa shape index (κ1) is 23.9. The second-order valence-corrected chi connectivity index (χ2v) is 11.0. The van der Waals surface area contributed by atoms with Gasteiger partial charge in [-0.05, 0) is 61.5 Å². The Balaban J connectivity index is 1.44. The zero-order valence-electron chi connectivity index (χ0n) is 20.4. The van der Waals surface area contributed by atoms with Gasteiger partial charge < -0.3 is 5.32 Å². The van der Waals surface area contributed by atoms with Crippen LogP contribution >= 0.6 is 11.8 Å². The van der Waals surface area contributed by atoms with Gasteiger partial charge in [0.25, 0.3) is 0 Å². The summed E-state index contributed by atoms with van der Waals surface area (Å²) in [6.07, 6.45) is 12.2. The van der Waals surface area contributed by atoms with Crippen molar-refractivity contribution in [3.63, 3.8) is 0 Å². The van der Waals surface area contributed by atoms with Crippen LogP contribution in [0.5, 0.6) is 0 Å². The zero-order valence-corrected chi connectivity index (χ0v) is 21.2. The smallest absolute Gasteiger partial charge is 0.152 e. The minimum atomic E-state index is -0.158. The number of aromatic nitrogens is 4. The van der Waals surface area contributed by atoms with Crippen molar-refractivity contribution in [2.75, 3.05) is 11.6 Å². The van der Waals surface area contributed by atoms with Crippen LogP contribution in [0.15, 0.2) is 35.5 Å². The third-order valence-corrected chi connectivity index (χ3v) is 7.57. The van der Waals surface area contributed by atoms with Crippen LogP contribution in [0.3, 0.4) is 0 Å². The molecule has 1 aliphatic rings. The molecule has 5 nitrogen and oxygen atoms in total. The summed E-state index contributed by atoms with van der Waals surface area (Å²) in [5.41, 5.74) is 3.78. The Hall–Kier alpha value is -2.28. The van der Waals surface area contributed by atoms with Gasteiger partial charge in [0, 0.05) is 34.3 Å². The van der Waals surface area contributed by atoms with Crippen molar-refractivity contribution in [3.05, 3.63) is 53.2 Å². The monoisotopic (exact) mass is 469 g/mol. The normalized spacial score (nSPS) is 18.7. The largest absolute Gasteiger partial charge is 0.336 e. The van der Waals surface area contributed by atoms with E-state index in [1.807, 2.05) is 30.7 Å². The average molecular weight is 470 g/mol. The van der Waals surface area contributed by atoms with Crippen molar-refractivity contribution in [3.8, 4) is 0 Å². The summed E-state index contributed by atoms with van der Waals surface area (Å²) in [7, 11) is 0. The van der Waals surface area contributed by atoms with E-state index in [9.17, 15) is 0 Å². The topological polar surface area (TPSA) is 58.5 Å². The van der Waals surface area contributed by atoms with E-state index in [0.717, 1.165) is 54.7 Å². The molecule has 2 heterocycles. The number of rotatable bonds is 8. The van der Waals surface area contributed by atoms with Crippen molar-refractivity contribution in [2.24, 2.45) is 0 Å². The van der Waals surface area contributed by atoms with Crippen LogP contribution in [0.25, 0.3) is 0 Å². The van der Waals surface area contributed by atoms with Gasteiger partial charge in [-0.15, -0.1) is 11.8 Å². The van der Waals surface area contributed by atoms with Gasteiger partial charge in [-0.1, -0.05) is 34.1 Å². The van der Waals surface area contributed by atoms with E-state index >= 15 is 4.39 Å². The summed E-state index contributed by atoms with van der Waals surface area (Å²) in [5, 5.41) is 15.5. The molecule has 4 rings (SSSR count).